The fraction of sp³-hybridized carbons (Fsp3) is 0.667. The standard InChI is InChI=1S/C6H12N2.2ClH.Zn/c1-5-4-6(2,3)8-7-5;;;/h4,7-8H,1-3H3;2*1H;/q;;;+2/p-2. The van der Waals surface area contributed by atoms with Gasteiger partial charge in [-0.15, -0.1) is 0 Å². The molecule has 2 nitrogen and oxygen atoms in total. The Morgan fingerprint density at radius 1 is 1.27 bits per heavy atom. The molecule has 0 radical (unpaired) electrons. The van der Waals surface area contributed by atoms with Gasteiger partial charge in [0.2, 0.25) is 0 Å². The van der Waals surface area contributed by atoms with E-state index in [1.165, 1.54) is 5.70 Å². The van der Waals surface area contributed by atoms with Crippen molar-refractivity contribution in [2.75, 3.05) is 0 Å². The minimum Gasteiger partial charge on any atom is -1.00 e. The normalized spacial score (nSPS) is 17.9. The van der Waals surface area contributed by atoms with E-state index in [0.717, 1.165) is 0 Å². The number of halogens is 2. The summed E-state index contributed by atoms with van der Waals surface area (Å²) in [7, 11) is 0. The molecule has 0 aromatic heterocycles. The summed E-state index contributed by atoms with van der Waals surface area (Å²) in [5.74, 6) is 0. The monoisotopic (exact) mass is 246 g/mol. The minimum absolute atomic E-state index is 0. The molecule has 0 aromatic rings. The Labute approximate surface area is 93.1 Å². The Morgan fingerprint density at radius 2 is 1.73 bits per heavy atom. The molecule has 0 fully saturated rings. The van der Waals surface area contributed by atoms with Crippen LogP contribution >= 0.6 is 0 Å². The van der Waals surface area contributed by atoms with Gasteiger partial charge in [-0.1, -0.05) is 0 Å². The summed E-state index contributed by atoms with van der Waals surface area (Å²) in [5.41, 5.74) is 7.47. The predicted octanol–water partition coefficient (Wildman–Crippen LogP) is -5.22. The average Bonchev–Trinajstić information content (AvgIpc) is 1.82. The summed E-state index contributed by atoms with van der Waals surface area (Å²) in [6.45, 7) is 6.29. The molecule has 62 valence electrons. The van der Waals surface area contributed by atoms with Crippen LogP contribution in [0.4, 0.5) is 0 Å². The first-order valence-electron chi connectivity index (χ1n) is 2.83. The maximum atomic E-state index is 3.10. The van der Waals surface area contributed by atoms with Crippen LogP contribution in [0, 0.1) is 0 Å². The molecule has 1 aliphatic heterocycles. The average molecular weight is 248 g/mol. The molecule has 0 unspecified atom stereocenters. The number of allylic oxidation sites excluding steroid dienone is 1. The third-order valence-electron chi connectivity index (χ3n) is 1.16. The summed E-state index contributed by atoms with van der Waals surface area (Å²) in [5, 5.41) is 0. The molecule has 5 heteroatoms. The molecule has 0 aliphatic carbocycles. The van der Waals surface area contributed by atoms with Gasteiger partial charge in [0.05, 0.1) is 5.54 Å². The molecule has 1 aliphatic rings. The smallest absolute Gasteiger partial charge is 1.00 e. The molecule has 11 heavy (non-hydrogen) atoms. The van der Waals surface area contributed by atoms with Gasteiger partial charge in [-0.2, -0.15) is 0 Å². The molecule has 0 saturated heterocycles. The van der Waals surface area contributed by atoms with Crippen molar-refractivity contribution in [3.05, 3.63) is 11.8 Å². The van der Waals surface area contributed by atoms with Crippen LogP contribution in [0.25, 0.3) is 0 Å². The Hall–Kier alpha value is 0.703. The van der Waals surface area contributed by atoms with E-state index in [1.807, 2.05) is 6.92 Å². The van der Waals surface area contributed by atoms with Gasteiger partial charge in [0.1, 0.15) is 0 Å². The predicted molar refractivity (Wildman–Crippen MR) is 34.1 cm³/mol. The zero-order valence-electron chi connectivity index (χ0n) is 7.04. The first-order chi connectivity index (χ1) is 3.60. The number of rotatable bonds is 0. The van der Waals surface area contributed by atoms with Gasteiger partial charge in [-0.05, 0) is 26.8 Å². The molecule has 0 saturated carbocycles. The van der Waals surface area contributed by atoms with E-state index in [9.17, 15) is 0 Å². The molecule has 1 heterocycles. The van der Waals surface area contributed by atoms with Crippen LogP contribution in [0.5, 0.6) is 0 Å². The largest absolute Gasteiger partial charge is 2.00 e. The van der Waals surface area contributed by atoms with Crippen LogP contribution in [-0.4, -0.2) is 5.54 Å². The molecule has 2 N–H and O–H groups in total. The van der Waals surface area contributed by atoms with E-state index in [2.05, 4.69) is 30.8 Å². The van der Waals surface area contributed by atoms with Gasteiger partial charge in [-0.3, -0.25) is 0 Å². The Morgan fingerprint density at radius 3 is 1.82 bits per heavy atom. The van der Waals surface area contributed by atoms with Crippen LogP contribution in [0.3, 0.4) is 0 Å². The van der Waals surface area contributed by atoms with Gasteiger partial charge in [-0.25, -0.2) is 5.43 Å². The van der Waals surface area contributed by atoms with Crippen molar-refractivity contribution < 1.29 is 44.3 Å². The summed E-state index contributed by atoms with van der Waals surface area (Å²) >= 11 is 0. The zero-order valence-corrected chi connectivity index (χ0v) is 11.5. The molecule has 1 rings (SSSR count). The van der Waals surface area contributed by atoms with Crippen LogP contribution in [0.1, 0.15) is 20.8 Å². The van der Waals surface area contributed by atoms with Crippen molar-refractivity contribution in [1.82, 2.24) is 10.9 Å². The fourth-order valence-corrected chi connectivity index (χ4v) is 0.873. The van der Waals surface area contributed by atoms with Gasteiger partial charge in [0, 0.05) is 5.70 Å². The van der Waals surface area contributed by atoms with Crippen LogP contribution in [-0.2, 0) is 19.5 Å². The molecule has 0 spiro atoms. The first kappa shape index (κ1) is 17.7. The first-order valence-corrected chi connectivity index (χ1v) is 2.83. The van der Waals surface area contributed by atoms with E-state index in [1.54, 1.807) is 0 Å². The van der Waals surface area contributed by atoms with E-state index < -0.39 is 0 Å². The number of hydrazine groups is 1. The quantitative estimate of drug-likeness (QED) is 0.419. The third-order valence-corrected chi connectivity index (χ3v) is 1.16. The molecular formula is C6H12Cl2N2Zn. The number of hydrogen-bond acceptors (Lipinski definition) is 2. The Balaban J connectivity index is -0.000000213. The van der Waals surface area contributed by atoms with E-state index in [0.29, 0.717) is 0 Å². The van der Waals surface area contributed by atoms with Crippen molar-refractivity contribution in [3.63, 3.8) is 0 Å². The SMILES string of the molecule is CC1=CC(C)(C)NN1.[Cl-].[Cl-].[Zn+2]. The van der Waals surface area contributed by atoms with Gasteiger partial charge in [0.15, 0.2) is 0 Å². The second kappa shape index (κ2) is 6.24. The molecule has 0 amide bonds. The molecular weight excluding hydrogens is 236 g/mol. The van der Waals surface area contributed by atoms with Gasteiger partial charge < -0.3 is 30.2 Å². The van der Waals surface area contributed by atoms with Crippen LogP contribution in [0.2, 0.25) is 0 Å². The summed E-state index contributed by atoms with van der Waals surface area (Å²) in [6.07, 6.45) is 2.16. The Kier molecular flexibility index (Phi) is 10.0. The van der Waals surface area contributed by atoms with E-state index in [4.69, 9.17) is 0 Å². The van der Waals surface area contributed by atoms with Crippen molar-refractivity contribution in [3.8, 4) is 0 Å². The van der Waals surface area contributed by atoms with E-state index in [-0.39, 0.29) is 49.8 Å². The summed E-state index contributed by atoms with van der Waals surface area (Å²) in [6, 6.07) is 0. The van der Waals surface area contributed by atoms with Crippen molar-refractivity contribution in [2.24, 2.45) is 0 Å². The van der Waals surface area contributed by atoms with Crippen molar-refractivity contribution in [2.45, 2.75) is 26.3 Å². The fourth-order valence-electron chi connectivity index (χ4n) is 0.873. The maximum Gasteiger partial charge on any atom is 2.00 e. The second-order valence-corrected chi connectivity index (χ2v) is 2.80. The number of hydrogen-bond donors (Lipinski definition) is 2. The molecule has 0 aromatic carbocycles. The maximum absolute atomic E-state index is 3.10. The van der Waals surface area contributed by atoms with E-state index >= 15 is 0 Å². The van der Waals surface area contributed by atoms with Crippen LogP contribution < -0.4 is 35.7 Å². The molecule has 0 atom stereocenters. The van der Waals surface area contributed by atoms with Gasteiger partial charge >= 0.3 is 19.5 Å². The molecule has 0 bridgehead atoms. The Bertz CT molecular complexity index is 137. The van der Waals surface area contributed by atoms with Crippen LogP contribution in [0.15, 0.2) is 11.8 Å². The topological polar surface area (TPSA) is 24.1 Å². The van der Waals surface area contributed by atoms with Crippen molar-refractivity contribution >= 4 is 0 Å². The van der Waals surface area contributed by atoms with Crippen molar-refractivity contribution in [1.29, 1.82) is 0 Å². The zero-order chi connectivity index (χ0) is 6.20. The minimum atomic E-state index is 0. The third kappa shape index (κ3) is 5.92. The summed E-state index contributed by atoms with van der Waals surface area (Å²) in [4.78, 5) is 0. The van der Waals surface area contributed by atoms with Gasteiger partial charge in [0.25, 0.3) is 0 Å². The second-order valence-electron chi connectivity index (χ2n) is 2.80. The summed E-state index contributed by atoms with van der Waals surface area (Å²) < 4.78 is 0. The number of nitrogens with one attached hydrogen (secondary N) is 2.